The molecule has 0 spiro atoms. The van der Waals surface area contributed by atoms with E-state index in [2.05, 4.69) is 20.8 Å². The molecule has 9 heteroatoms. The molecule has 0 radical (unpaired) electrons. The average molecular weight is 515 g/mol. The Morgan fingerprint density at radius 1 is 1.10 bits per heavy atom. The van der Waals surface area contributed by atoms with E-state index in [-0.39, 0.29) is 18.3 Å². The minimum Gasteiger partial charge on any atom is -0.493 e. The molecular weight excluding hydrogens is 490 g/mol. The summed E-state index contributed by atoms with van der Waals surface area (Å²) in [4.78, 5) is 22.0. The van der Waals surface area contributed by atoms with Crippen LogP contribution in [0.3, 0.4) is 0 Å². The molecule has 0 aliphatic rings. The Balaban J connectivity index is 0.00000320. The van der Waals surface area contributed by atoms with E-state index in [1.54, 1.807) is 19.1 Å². The minimum absolute atomic E-state index is 0. The zero-order valence-electron chi connectivity index (χ0n) is 17.3. The van der Waals surface area contributed by atoms with Crippen LogP contribution in [0.1, 0.15) is 16.8 Å². The number of fused-ring (bicyclic) bond motifs is 1. The van der Waals surface area contributed by atoms with Crippen molar-refractivity contribution in [3.63, 3.8) is 0 Å². The van der Waals surface area contributed by atoms with Crippen LogP contribution in [0, 0.1) is 0 Å². The van der Waals surface area contributed by atoms with Crippen molar-refractivity contribution in [2.75, 3.05) is 46.3 Å². The normalized spacial score (nSPS) is 10.7. The zero-order chi connectivity index (χ0) is 21.0. The lowest BCUT2D eigenvalue weighted by molar-refractivity contribution is 0.0985. The lowest BCUT2D eigenvalue weighted by Crippen LogP contribution is -2.33. The number of benzene rings is 2. The van der Waals surface area contributed by atoms with Crippen molar-refractivity contribution in [2.24, 2.45) is 0 Å². The summed E-state index contributed by atoms with van der Waals surface area (Å²) in [7, 11) is 7.25. The molecule has 0 fully saturated rings. The second kappa shape index (κ2) is 10.9. The van der Waals surface area contributed by atoms with Crippen molar-refractivity contribution in [3.05, 3.63) is 46.4 Å². The molecule has 0 N–H and O–H groups in total. The van der Waals surface area contributed by atoms with Crippen molar-refractivity contribution in [1.29, 1.82) is 0 Å². The Kier molecular flexibility index (Phi) is 8.91. The van der Waals surface area contributed by atoms with Crippen LogP contribution in [-0.2, 0) is 0 Å². The molecule has 1 aromatic heterocycles. The molecule has 0 unspecified atom stereocenters. The highest BCUT2D eigenvalue weighted by Crippen LogP contribution is 2.37. The maximum atomic E-state index is 13.4. The van der Waals surface area contributed by atoms with Crippen LogP contribution < -0.4 is 14.4 Å². The smallest absolute Gasteiger partial charge is 0.261 e. The van der Waals surface area contributed by atoms with Gasteiger partial charge in [-0.3, -0.25) is 9.69 Å². The summed E-state index contributed by atoms with van der Waals surface area (Å²) < 4.78 is 12.5. The van der Waals surface area contributed by atoms with Gasteiger partial charge in [-0.25, -0.2) is 4.98 Å². The van der Waals surface area contributed by atoms with Crippen molar-refractivity contribution >= 4 is 60.9 Å². The largest absolute Gasteiger partial charge is 0.493 e. The lowest BCUT2D eigenvalue weighted by atomic mass is 10.2. The second-order valence-corrected chi connectivity index (χ2v) is 8.63. The minimum atomic E-state index is -0.0748. The summed E-state index contributed by atoms with van der Waals surface area (Å²) in [5.74, 6) is 1.19. The number of methoxy groups -OCH3 is 2. The van der Waals surface area contributed by atoms with E-state index in [9.17, 15) is 4.79 Å². The molecule has 30 heavy (non-hydrogen) atoms. The van der Waals surface area contributed by atoms with Crippen LogP contribution in [0.2, 0.25) is 0 Å². The molecule has 1 amide bonds. The average Bonchev–Trinajstić information content (AvgIpc) is 3.12. The maximum absolute atomic E-state index is 13.4. The number of carbonyl (C=O) groups is 1. The highest BCUT2D eigenvalue weighted by Gasteiger charge is 2.23. The second-order valence-electron chi connectivity index (χ2n) is 6.76. The molecule has 2 aromatic carbocycles. The van der Waals surface area contributed by atoms with E-state index in [0.717, 1.165) is 27.7 Å². The maximum Gasteiger partial charge on any atom is 0.261 e. The number of rotatable bonds is 8. The van der Waals surface area contributed by atoms with Gasteiger partial charge in [-0.05, 0) is 55.1 Å². The van der Waals surface area contributed by atoms with Crippen LogP contribution in [0.15, 0.2) is 40.9 Å². The predicted octanol–water partition coefficient (Wildman–Crippen LogP) is 5.10. The Morgan fingerprint density at radius 2 is 1.77 bits per heavy atom. The number of ether oxygens (including phenoxy) is 2. The SMILES string of the molecule is COc1cc2nc(N(CCCN(C)C)C(=O)c3ccccc3Br)sc2cc1OC.Cl. The first-order valence-corrected chi connectivity index (χ1v) is 10.8. The van der Waals surface area contributed by atoms with Gasteiger partial charge in [0.1, 0.15) is 0 Å². The summed E-state index contributed by atoms with van der Waals surface area (Å²) in [6.07, 6.45) is 0.839. The number of halogens is 2. The monoisotopic (exact) mass is 513 g/mol. The zero-order valence-corrected chi connectivity index (χ0v) is 20.6. The van der Waals surface area contributed by atoms with E-state index >= 15 is 0 Å². The number of thiazole rings is 1. The summed E-state index contributed by atoms with van der Waals surface area (Å²) >= 11 is 4.97. The molecule has 3 aromatic rings. The highest BCUT2D eigenvalue weighted by atomic mass is 79.9. The van der Waals surface area contributed by atoms with Gasteiger partial charge in [-0.1, -0.05) is 23.5 Å². The van der Waals surface area contributed by atoms with Gasteiger partial charge in [0.2, 0.25) is 0 Å². The fourth-order valence-electron chi connectivity index (χ4n) is 2.97. The third-order valence-electron chi connectivity index (χ3n) is 4.45. The lowest BCUT2D eigenvalue weighted by Gasteiger charge is -2.21. The number of carbonyl (C=O) groups excluding carboxylic acids is 1. The summed E-state index contributed by atoms with van der Waals surface area (Å²) in [5, 5.41) is 0.662. The van der Waals surface area contributed by atoms with Crippen LogP contribution in [0.25, 0.3) is 10.2 Å². The number of anilines is 1. The molecular formula is C21H25BrClN3O3S. The first-order valence-electron chi connectivity index (χ1n) is 9.18. The topological polar surface area (TPSA) is 54.9 Å². The van der Waals surface area contributed by atoms with Gasteiger partial charge in [0.25, 0.3) is 5.91 Å². The third-order valence-corrected chi connectivity index (χ3v) is 6.18. The Labute approximate surface area is 195 Å². The van der Waals surface area contributed by atoms with E-state index in [1.165, 1.54) is 11.3 Å². The van der Waals surface area contributed by atoms with Gasteiger partial charge in [-0.15, -0.1) is 12.4 Å². The number of aromatic nitrogens is 1. The van der Waals surface area contributed by atoms with Crippen LogP contribution in [0.4, 0.5) is 5.13 Å². The van der Waals surface area contributed by atoms with E-state index in [0.29, 0.717) is 28.7 Å². The summed E-state index contributed by atoms with van der Waals surface area (Å²) in [6.45, 7) is 1.46. The molecule has 0 aliphatic heterocycles. The van der Waals surface area contributed by atoms with Gasteiger partial charge in [0, 0.05) is 23.2 Å². The first kappa shape index (κ1) is 24.4. The van der Waals surface area contributed by atoms with Gasteiger partial charge < -0.3 is 14.4 Å². The predicted molar refractivity (Wildman–Crippen MR) is 129 cm³/mol. The van der Waals surface area contributed by atoms with E-state index in [1.807, 2.05) is 50.5 Å². The molecule has 0 atom stereocenters. The molecule has 0 saturated heterocycles. The summed E-state index contributed by atoms with van der Waals surface area (Å²) in [6, 6.07) is 11.2. The van der Waals surface area contributed by atoms with Crippen LogP contribution in [-0.4, -0.2) is 57.2 Å². The molecule has 162 valence electrons. The Hall–Kier alpha value is -1.87. The Morgan fingerprint density at radius 3 is 2.40 bits per heavy atom. The third kappa shape index (κ3) is 5.43. The fraction of sp³-hybridized carbons (Fsp3) is 0.333. The number of hydrogen-bond acceptors (Lipinski definition) is 6. The van der Waals surface area contributed by atoms with Crippen LogP contribution in [0.5, 0.6) is 11.5 Å². The summed E-state index contributed by atoms with van der Waals surface area (Å²) in [5.41, 5.74) is 1.40. The molecule has 1 heterocycles. The highest BCUT2D eigenvalue weighted by molar-refractivity contribution is 9.10. The molecule has 0 aliphatic carbocycles. The van der Waals surface area contributed by atoms with Gasteiger partial charge in [-0.2, -0.15) is 0 Å². The van der Waals surface area contributed by atoms with Crippen LogP contribution >= 0.6 is 39.7 Å². The molecule has 6 nitrogen and oxygen atoms in total. The van der Waals surface area contributed by atoms with Crippen molar-refractivity contribution < 1.29 is 14.3 Å². The fourth-order valence-corrected chi connectivity index (χ4v) is 4.42. The first-order chi connectivity index (χ1) is 13.9. The quantitative estimate of drug-likeness (QED) is 0.419. The van der Waals surface area contributed by atoms with Gasteiger partial charge >= 0.3 is 0 Å². The molecule has 0 bridgehead atoms. The van der Waals surface area contributed by atoms with Crippen molar-refractivity contribution in [2.45, 2.75) is 6.42 Å². The standard InChI is InChI=1S/C21H24BrN3O3S.ClH/c1-24(2)10-7-11-25(20(26)14-8-5-6-9-15(14)22)21-23-16-12-17(27-3)18(28-4)13-19(16)29-21;/h5-6,8-9,12-13H,7,10-11H2,1-4H3;1H. The Bertz CT molecular complexity index is 971. The van der Waals surface area contributed by atoms with E-state index in [4.69, 9.17) is 14.5 Å². The van der Waals surface area contributed by atoms with E-state index < -0.39 is 0 Å². The van der Waals surface area contributed by atoms with Gasteiger partial charge in [0.05, 0.1) is 30.0 Å². The molecule has 0 saturated carbocycles. The number of nitrogens with zero attached hydrogens (tertiary/aromatic N) is 3. The molecule has 3 rings (SSSR count). The number of amides is 1. The number of hydrogen-bond donors (Lipinski definition) is 0. The van der Waals surface area contributed by atoms with Crippen molar-refractivity contribution in [3.8, 4) is 11.5 Å². The van der Waals surface area contributed by atoms with Gasteiger partial charge in [0.15, 0.2) is 16.6 Å². The van der Waals surface area contributed by atoms with Crippen molar-refractivity contribution in [1.82, 2.24) is 9.88 Å².